The van der Waals surface area contributed by atoms with E-state index in [0.29, 0.717) is 0 Å². The van der Waals surface area contributed by atoms with E-state index in [9.17, 15) is 0 Å². The maximum atomic E-state index is 8.15. The fourth-order valence-corrected chi connectivity index (χ4v) is 0. The second-order valence-electron chi connectivity index (χ2n) is 7.09. The topological polar surface area (TPSA) is 123 Å². The fourth-order valence-electron chi connectivity index (χ4n) is 0. The normalized spacial score (nSPS) is 7.92. The Morgan fingerprint density at radius 1 is 0.480 bits per heavy atom. The average Bonchev–Trinajstić information content (AvgIpc) is 2.52. The van der Waals surface area contributed by atoms with Gasteiger partial charge in [-0.25, -0.2) is 0 Å². The molecule has 0 atom stereocenters. The quantitative estimate of drug-likeness (QED) is 0.471. The van der Waals surface area contributed by atoms with Gasteiger partial charge in [0.2, 0.25) is 0 Å². The molecule has 0 bridgehead atoms. The van der Waals surface area contributed by atoms with Crippen molar-refractivity contribution < 1.29 is 35.4 Å². The summed E-state index contributed by atoms with van der Waals surface area (Å²) in [6, 6.07) is 6.31. The Morgan fingerprint density at radius 3 is 0.520 bits per heavy atom. The first-order chi connectivity index (χ1) is 10.7. The van der Waals surface area contributed by atoms with Gasteiger partial charge in [-0.1, -0.05) is 0 Å². The first-order valence-electron chi connectivity index (χ1n) is 6.79. The van der Waals surface area contributed by atoms with Crippen molar-refractivity contribution >= 4 is 20.4 Å². The molecule has 0 rings (SSSR count). The molecule has 0 aliphatic rings. The summed E-state index contributed by atoms with van der Waals surface area (Å²) < 4.78 is 0. The van der Waals surface area contributed by atoms with Gasteiger partial charge in [-0.05, 0) is 62.3 Å². The van der Waals surface area contributed by atoms with Gasteiger partial charge in [0.1, 0.15) is 20.4 Å². The smallest absolute Gasteiger partial charge is 0.106 e. The van der Waals surface area contributed by atoms with E-state index in [1.165, 1.54) is 0 Å². The molecule has 0 unspecified atom stereocenters. The Kier molecular flexibility index (Phi) is 47.1. The van der Waals surface area contributed by atoms with E-state index in [1.807, 2.05) is 82.7 Å². The minimum absolute atomic E-state index is 0. The van der Waals surface area contributed by atoms with Gasteiger partial charge in [-0.15, -0.1) is 0 Å². The Bertz CT molecular complexity index is 325. The Morgan fingerprint density at radius 2 is 0.520 bits per heavy atom. The Labute approximate surface area is 168 Å². The summed E-state index contributed by atoms with van der Waals surface area (Å²) in [6.45, 7) is 22.9. The van der Waals surface area contributed by atoms with Crippen LogP contribution >= 0.6 is 0 Å². The molecular weight excluding hydrogens is 490 g/mol. The van der Waals surface area contributed by atoms with Gasteiger partial charge in [-0.3, -0.25) is 0 Å². The van der Waals surface area contributed by atoms with E-state index < -0.39 is 0 Å². The summed E-state index contributed by atoms with van der Waals surface area (Å²) in [6.07, 6.45) is 0. The predicted molar refractivity (Wildman–Crippen MR) is 96.6 cm³/mol. The summed E-state index contributed by atoms with van der Waals surface area (Å²) in [5.41, 5.74) is -0.458. The number of nitrogens with zero attached hydrogens (tertiary/aromatic N) is 3. The van der Waals surface area contributed by atoms with Crippen molar-refractivity contribution in [3.8, 4) is 18.2 Å². The predicted octanol–water partition coefficient (Wildman–Crippen LogP) is 4.11. The number of rotatable bonds is 0. The van der Waals surface area contributed by atoms with Crippen molar-refractivity contribution in [2.24, 2.45) is 16.2 Å². The van der Waals surface area contributed by atoms with Crippen molar-refractivity contribution in [3.05, 3.63) is 0 Å². The molecule has 0 radical (unpaired) electrons. The average molecular weight is 523 g/mol. The molecule has 0 saturated carbocycles. The molecule has 0 saturated heterocycles. The summed E-state index contributed by atoms with van der Waals surface area (Å²) in [7, 11) is 0. The van der Waals surface area contributed by atoms with Crippen molar-refractivity contribution in [2.45, 2.75) is 62.3 Å². The molecule has 0 amide bonds. The van der Waals surface area contributed by atoms with E-state index in [-0.39, 0.29) is 37.3 Å². The van der Waals surface area contributed by atoms with Gasteiger partial charge in [0.25, 0.3) is 0 Å². The Balaban J connectivity index is -0.0000000331. The molecule has 0 heterocycles. The SMILES string of the molecule is C=O.C=O.C=O.CC(C)(C)C#N.CC(C)(C)C#N.CC(C)(C)C#N.[W]. The van der Waals surface area contributed by atoms with Crippen LogP contribution in [0, 0.1) is 50.2 Å². The molecule has 0 aromatic heterocycles. The van der Waals surface area contributed by atoms with Crippen LogP contribution < -0.4 is 0 Å². The zero-order valence-corrected chi connectivity index (χ0v) is 20.0. The molecule has 25 heavy (non-hydrogen) atoms. The molecule has 0 spiro atoms. The minimum Gasteiger partial charge on any atom is -0.307 e. The maximum absolute atomic E-state index is 8.15. The summed E-state index contributed by atoms with van der Waals surface area (Å²) in [5, 5.41) is 24.5. The van der Waals surface area contributed by atoms with Gasteiger partial charge in [0.05, 0.1) is 18.2 Å². The van der Waals surface area contributed by atoms with E-state index in [1.54, 1.807) is 0 Å². The zero-order chi connectivity index (χ0) is 21.6. The second kappa shape index (κ2) is 27.0. The van der Waals surface area contributed by atoms with Crippen molar-refractivity contribution in [2.75, 3.05) is 0 Å². The van der Waals surface area contributed by atoms with Crippen molar-refractivity contribution in [1.29, 1.82) is 15.8 Å². The number of carbonyl (C=O) groups is 3. The standard InChI is InChI=1S/3C5H9N.3CH2O.W/c3*1-5(2,3)4-6;3*1-2;/h3*1-3H3;3*1H2;. The van der Waals surface area contributed by atoms with Crippen molar-refractivity contribution in [1.82, 2.24) is 0 Å². The van der Waals surface area contributed by atoms with Gasteiger partial charge >= 0.3 is 0 Å². The van der Waals surface area contributed by atoms with Crippen LogP contribution in [0.3, 0.4) is 0 Å². The van der Waals surface area contributed by atoms with Crippen LogP contribution in [-0.2, 0) is 35.4 Å². The second-order valence-corrected chi connectivity index (χ2v) is 7.09. The van der Waals surface area contributed by atoms with E-state index in [4.69, 9.17) is 30.2 Å². The molecule has 0 N–H and O–H groups in total. The summed E-state index contributed by atoms with van der Waals surface area (Å²) in [4.78, 5) is 24.0. The number of carbonyl (C=O) groups excluding carboxylic acids is 3. The minimum atomic E-state index is -0.153. The third-order valence-electron chi connectivity index (χ3n) is 1.01. The van der Waals surface area contributed by atoms with Crippen LogP contribution in [0.15, 0.2) is 0 Å². The van der Waals surface area contributed by atoms with E-state index in [2.05, 4.69) is 18.2 Å². The molecule has 144 valence electrons. The molecule has 0 fully saturated rings. The summed E-state index contributed by atoms with van der Waals surface area (Å²) >= 11 is 0. The fraction of sp³-hybridized carbons (Fsp3) is 0.667. The van der Waals surface area contributed by atoms with Crippen LogP contribution in [0.4, 0.5) is 0 Å². The number of hydrogen-bond acceptors (Lipinski definition) is 6. The zero-order valence-electron chi connectivity index (χ0n) is 17.1. The molecular formula is C18H33N3O3W. The van der Waals surface area contributed by atoms with Gasteiger partial charge < -0.3 is 14.4 Å². The van der Waals surface area contributed by atoms with Gasteiger partial charge in [0, 0.05) is 37.3 Å². The first kappa shape index (κ1) is 43.6. The Hall–Kier alpha value is -1.83. The van der Waals surface area contributed by atoms with Crippen LogP contribution in [0.2, 0.25) is 0 Å². The van der Waals surface area contributed by atoms with Gasteiger partial charge in [0.15, 0.2) is 0 Å². The molecule has 0 aliphatic heterocycles. The monoisotopic (exact) mass is 523 g/mol. The van der Waals surface area contributed by atoms with E-state index in [0.717, 1.165) is 0 Å². The first-order valence-corrected chi connectivity index (χ1v) is 6.79. The van der Waals surface area contributed by atoms with Gasteiger partial charge in [-0.2, -0.15) is 15.8 Å². The van der Waals surface area contributed by atoms with Crippen LogP contribution in [-0.4, -0.2) is 20.4 Å². The van der Waals surface area contributed by atoms with Crippen LogP contribution in [0.1, 0.15) is 62.3 Å². The summed E-state index contributed by atoms with van der Waals surface area (Å²) in [5.74, 6) is 0. The molecule has 0 aromatic rings. The van der Waals surface area contributed by atoms with E-state index >= 15 is 0 Å². The number of hydrogen-bond donors (Lipinski definition) is 0. The molecule has 7 heteroatoms. The third-order valence-corrected chi connectivity index (χ3v) is 1.01. The van der Waals surface area contributed by atoms with Crippen LogP contribution in [0.25, 0.3) is 0 Å². The largest absolute Gasteiger partial charge is 0.307 e. The number of nitriles is 3. The maximum Gasteiger partial charge on any atom is 0.106 e. The molecule has 6 nitrogen and oxygen atoms in total. The third kappa shape index (κ3) is 175. The van der Waals surface area contributed by atoms with Crippen LogP contribution in [0.5, 0.6) is 0 Å². The molecule has 0 aromatic carbocycles. The molecule has 0 aliphatic carbocycles. The van der Waals surface area contributed by atoms with Crippen molar-refractivity contribution in [3.63, 3.8) is 0 Å².